The molecule has 2 fully saturated rings. The van der Waals surface area contributed by atoms with Gasteiger partial charge in [0.15, 0.2) is 0 Å². The summed E-state index contributed by atoms with van der Waals surface area (Å²) >= 11 is 0. The van der Waals surface area contributed by atoms with Gasteiger partial charge in [0.2, 0.25) is 0 Å². The standard InChI is InChI=1S/C14H26N2O2/c17-14(18)12-5-3-6-13(11-12)15-7-4-10-16-8-1-2-9-16/h12-13,15H,1-11H2,(H,17,18). The van der Waals surface area contributed by atoms with Crippen molar-refractivity contribution in [1.29, 1.82) is 0 Å². The van der Waals surface area contributed by atoms with E-state index in [2.05, 4.69) is 10.2 Å². The maximum absolute atomic E-state index is 11.0. The molecule has 1 aliphatic heterocycles. The number of carboxylic acids is 1. The van der Waals surface area contributed by atoms with E-state index < -0.39 is 5.97 Å². The van der Waals surface area contributed by atoms with E-state index in [-0.39, 0.29) is 5.92 Å². The van der Waals surface area contributed by atoms with Gasteiger partial charge in [-0.25, -0.2) is 0 Å². The van der Waals surface area contributed by atoms with Crippen molar-refractivity contribution >= 4 is 5.97 Å². The Labute approximate surface area is 110 Å². The first-order chi connectivity index (χ1) is 8.75. The first-order valence-corrected chi connectivity index (χ1v) is 7.44. The topological polar surface area (TPSA) is 52.6 Å². The van der Waals surface area contributed by atoms with Crippen molar-refractivity contribution < 1.29 is 9.90 Å². The van der Waals surface area contributed by atoms with Gasteiger partial charge in [-0.3, -0.25) is 4.79 Å². The lowest BCUT2D eigenvalue weighted by Crippen LogP contribution is -2.37. The molecule has 1 aliphatic carbocycles. The third-order valence-corrected chi connectivity index (χ3v) is 4.31. The molecule has 4 heteroatoms. The molecule has 2 aliphatic rings. The Morgan fingerprint density at radius 2 is 2.00 bits per heavy atom. The minimum atomic E-state index is -0.612. The molecule has 0 radical (unpaired) electrons. The van der Waals surface area contributed by atoms with Crippen molar-refractivity contribution in [2.75, 3.05) is 26.2 Å². The molecule has 2 N–H and O–H groups in total. The molecule has 0 aromatic carbocycles. The van der Waals surface area contributed by atoms with E-state index in [1.54, 1.807) is 0 Å². The summed E-state index contributed by atoms with van der Waals surface area (Å²) in [6, 6.07) is 0.429. The first-order valence-electron chi connectivity index (χ1n) is 7.44. The number of aliphatic carboxylic acids is 1. The molecule has 2 rings (SSSR count). The Kier molecular flexibility index (Phi) is 5.45. The van der Waals surface area contributed by atoms with Crippen LogP contribution in [0.3, 0.4) is 0 Å². The fourth-order valence-electron chi connectivity index (χ4n) is 3.21. The molecule has 1 saturated carbocycles. The van der Waals surface area contributed by atoms with Crippen molar-refractivity contribution in [3.8, 4) is 0 Å². The molecule has 1 heterocycles. The zero-order valence-corrected chi connectivity index (χ0v) is 11.2. The second kappa shape index (κ2) is 7.10. The summed E-state index contributed by atoms with van der Waals surface area (Å²) in [5, 5.41) is 12.6. The van der Waals surface area contributed by atoms with Gasteiger partial charge in [0.25, 0.3) is 0 Å². The minimum absolute atomic E-state index is 0.116. The molecule has 0 aromatic rings. The molecule has 18 heavy (non-hydrogen) atoms. The molecule has 1 saturated heterocycles. The quantitative estimate of drug-likeness (QED) is 0.709. The molecular weight excluding hydrogens is 228 g/mol. The van der Waals surface area contributed by atoms with Gasteiger partial charge in [-0.05, 0) is 64.7 Å². The van der Waals surface area contributed by atoms with E-state index in [1.807, 2.05) is 0 Å². The number of nitrogens with zero attached hydrogens (tertiary/aromatic N) is 1. The fourth-order valence-corrected chi connectivity index (χ4v) is 3.21. The monoisotopic (exact) mass is 254 g/mol. The third kappa shape index (κ3) is 4.25. The highest BCUT2D eigenvalue weighted by Crippen LogP contribution is 2.24. The van der Waals surface area contributed by atoms with Gasteiger partial charge in [0.1, 0.15) is 0 Å². The highest BCUT2D eigenvalue weighted by Gasteiger charge is 2.26. The summed E-state index contributed by atoms with van der Waals surface area (Å²) in [7, 11) is 0. The van der Waals surface area contributed by atoms with Crippen molar-refractivity contribution in [2.45, 2.75) is 51.0 Å². The summed E-state index contributed by atoms with van der Waals surface area (Å²) < 4.78 is 0. The van der Waals surface area contributed by atoms with Crippen LogP contribution in [0.5, 0.6) is 0 Å². The predicted molar refractivity (Wildman–Crippen MR) is 71.7 cm³/mol. The van der Waals surface area contributed by atoms with Gasteiger partial charge >= 0.3 is 5.97 Å². The molecule has 4 nitrogen and oxygen atoms in total. The predicted octanol–water partition coefficient (Wildman–Crippen LogP) is 1.71. The Morgan fingerprint density at radius 3 is 2.72 bits per heavy atom. The van der Waals surface area contributed by atoms with Crippen molar-refractivity contribution in [3.63, 3.8) is 0 Å². The number of hydrogen-bond acceptors (Lipinski definition) is 3. The highest BCUT2D eigenvalue weighted by molar-refractivity contribution is 5.70. The smallest absolute Gasteiger partial charge is 0.306 e. The number of nitrogens with one attached hydrogen (secondary N) is 1. The summed E-state index contributed by atoms with van der Waals surface area (Å²) in [4.78, 5) is 13.5. The fraction of sp³-hybridized carbons (Fsp3) is 0.929. The van der Waals surface area contributed by atoms with Crippen LogP contribution >= 0.6 is 0 Å². The normalized spacial score (nSPS) is 29.6. The molecule has 0 spiro atoms. The van der Waals surface area contributed by atoms with Crippen molar-refractivity contribution in [3.05, 3.63) is 0 Å². The second-order valence-electron chi connectivity index (χ2n) is 5.76. The van der Waals surface area contributed by atoms with Gasteiger partial charge < -0.3 is 15.3 Å². The van der Waals surface area contributed by atoms with Gasteiger partial charge in [0, 0.05) is 6.04 Å². The average molecular weight is 254 g/mol. The highest BCUT2D eigenvalue weighted by atomic mass is 16.4. The van der Waals surface area contributed by atoms with Crippen LogP contribution in [0.25, 0.3) is 0 Å². The number of carboxylic acid groups (broad SMARTS) is 1. The van der Waals surface area contributed by atoms with Crippen LogP contribution in [-0.2, 0) is 4.79 Å². The zero-order valence-electron chi connectivity index (χ0n) is 11.2. The lowest BCUT2D eigenvalue weighted by Gasteiger charge is -2.27. The van der Waals surface area contributed by atoms with Crippen LogP contribution in [0.2, 0.25) is 0 Å². The number of hydrogen-bond donors (Lipinski definition) is 2. The lowest BCUT2D eigenvalue weighted by atomic mass is 9.86. The zero-order chi connectivity index (χ0) is 12.8. The van der Waals surface area contributed by atoms with E-state index in [4.69, 9.17) is 5.11 Å². The van der Waals surface area contributed by atoms with Crippen LogP contribution in [-0.4, -0.2) is 48.2 Å². The van der Waals surface area contributed by atoms with E-state index in [0.29, 0.717) is 6.04 Å². The molecule has 104 valence electrons. The Bertz CT molecular complexity index is 265. The molecule has 2 atom stereocenters. The van der Waals surface area contributed by atoms with E-state index >= 15 is 0 Å². The number of carbonyl (C=O) groups is 1. The molecule has 0 aromatic heterocycles. The largest absolute Gasteiger partial charge is 0.481 e. The van der Waals surface area contributed by atoms with E-state index in [0.717, 1.165) is 32.2 Å². The van der Waals surface area contributed by atoms with Gasteiger partial charge in [-0.2, -0.15) is 0 Å². The summed E-state index contributed by atoms with van der Waals surface area (Å²) in [6.07, 6.45) is 7.79. The van der Waals surface area contributed by atoms with Gasteiger partial charge in [0.05, 0.1) is 5.92 Å². The third-order valence-electron chi connectivity index (χ3n) is 4.31. The Morgan fingerprint density at radius 1 is 1.22 bits per heavy atom. The van der Waals surface area contributed by atoms with Crippen LogP contribution in [0.1, 0.15) is 44.9 Å². The van der Waals surface area contributed by atoms with Gasteiger partial charge in [-0.1, -0.05) is 6.42 Å². The van der Waals surface area contributed by atoms with Gasteiger partial charge in [-0.15, -0.1) is 0 Å². The average Bonchev–Trinajstić information content (AvgIpc) is 2.88. The molecular formula is C14H26N2O2. The summed E-state index contributed by atoms with van der Waals surface area (Å²) in [6.45, 7) is 4.77. The molecule has 0 amide bonds. The van der Waals surface area contributed by atoms with Crippen molar-refractivity contribution in [1.82, 2.24) is 10.2 Å². The van der Waals surface area contributed by atoms with Crippen LogP contribution < -0.4 is 5.32 Å². The van der Waals surface area contributed by atoms with Crippen LogP contribution in [0, 0.1) is 5.92 Å². The molecule has 2 unspecified atom stereocenters. The molecule has 0 bridgehead atoms. The van der Waals surface area contributed by atoms with E-state index in [1.165, 1.54) is 38.9 Å². The van der Waals surface area contributed by atoms with Crippen LogP contribution in [0.4, 0.5) is 0 Å². The van der Waals surface area contributed by atoms with E-state index in [9.17, 15) is 4.79 Å². The SMILES string of the molecule is O=C(O)C1CCCC(NCCCN2CCCC2)C1. The Hall–Kier alpha value is -0.610. The maximum atomic E-state index is 11.0. The second-order valence-corrected chi connectivity index (χ2v) is 5.76. The number of likely N-dealkylation sites (tertiary alicyclic amines) is 1. The summed E-state index contributed by atoms with van der Waals surface area (Å²) in [5.74, 6) is -0.728. The Balaban J connectivity index is 1.56. The van der Waals surface area contributed by atoms with Crippen molar-refractivity contribution in [2.24, 2.45) is 5.92 Å². The lowest BCUT2D eigenvalue weighted by molar-refractivity contribution is -0.143. The first kappa shape index (κ1) is 13.8. The number of rotatable bonds is 6. The van der Waals surface area contributed by atoms with Crippen LogP contribution in [0.15, 0.2) is 0 Å². The minimum Gasteiger partial charge on any atom is -0.481 e. The summed E-state index contributed by atoms with van der Waals surface area (Å²) in [5.41, 5.74) is 0. The maximum Gasteiger partial charge on any atom is 0.306 e.